The first-order valence-electron chi connectivity index (χ1n) is 5.09. The molecule has 5 N–H and O–H groups in total. The van der Waals surface area contributed by atoms with Crippen molar-refractivity contribution >= 4 is 5.82 Å². The normalized spacial score (nSPS) is 28.5. The van der Waals surface area contributed by atoms with Crippen molar-refractivity contribution in [2.24, 2.45) is 5.73 Å². The van der Waals surface area contributed by atoms with E-state index in [-0.39, 0.29) is 6.61 Å². The van der Waals surface area contributed by atoms with Crippen molar-refractivity contribution in [3.05, 3.63) is 22.5 Å². The fourth-order valence-electron chi connectivity index (χ4n) is 1.76. The molecule has 8 heteroatoms. The molecule has 7 nitrogen and oxygen atoms in total. The van der Waals surface area contributed by atoms with Gasteiger partial charge in [0.15, 0.2) is 11.6 Å². The van der Waals surface area contributed by atoms with E-state index in [1.165, 1.54) is 0 Å². The summed E-state index contributed by atoms with van der Waals surface area (Å²) in [5, 5.41) is 8.97. The number of anilines is 1. The highest BCUT2D eigenvalue weighted by Crippen LogP contribution is 2.26. The zero-order chi connectivity index (χ0) is 12.6. The maximum atomic E-state index is 13.2. The summed E-state index contributed by atoms with van der Waals surface area (Å²) in [7, 11) is 0. The van der Waals surface area contributed by atoms with Gasteiger partial charge in [-0.1, -0.05) is 0 Å². The van der Waals surface area contributed by atoms with Crippen LogP contribution in [0.2, 0.25) is 0 Å². The summed E-state index contributed by atoms with van der Waals surface area (Å²) in [6.45, 7) is -0.253. The van der Waals surface area contributed by atoms with Crippen molar-refractivity contribution < 1.29 is 14.2 Å². The largest absolute Gasteiger partial charge is 0.394 e. The molecule has 1 aromatic heterocycles. The highest BCUT2D eigenvalue weighted by Gasteiger charge is 2.34. The van der Waals surface area contributed by atoms with Crippen LogP contribution in [-0.2, 0) is 4.74 Å². The summed E-state index contributed by atoms with van der Waals surface area (Å²) < 4.78 is 19.5. The zero-order valence-corrected chi connectivity index (χ0v) is 8.91. The molecule has 0 saturated carbocycles. The predicted octanol–water partition coefficient (Wildman–Crippen LogP) is -1.43. The van der Waals surface area contributed by atoms with Crippen LogP contribution < -0.4 is 17.2 Å². The maximum absolute atomic E-state index is 13.2. The van der Waals surface area contributed by atoms with Crippen LogP contribution in [-0.4, -0.2) is 33.4 Å². The first kappa shape index (κ1) is 12.0. The molecule has 0 aromatic carbocycles. The van der Waals surface area contributed by atoms with Gasteiger partial charge >= 0.3 is 5.69 Å². The average Bonchev–Trinajstić information content (AvgIpc) is 2.65. The number of aliphatic hydroxyl groups excluding tert-OH is 1. The van der Waals surface area contributed by atoms with Crippen LogP contribution in [0.25, 0.3) is 0 Å². The third-order valence-corrected chi connectivity index (χ3v) is 2.71. The van der Waals surface area contributed by atoms with E-state index in [2.05, 4.69) is 4.98 Å². The molecule has 94 valence electrons. The second kappa shape index (κ2) is 4.40. The Morgan fingerprint density at radius 3 is 3.00 bits per heavy atom. The molecule has 0 unspecified atom stereocenters. The Morgan fingerprint density at radius 1 is 1.71 bits per heavy atom. The van der Waals surface area contributed by atoms with Crippen LogP contribution in [0.4, 0.5) is 10.2 Å². The number of aliphatic hydroxyl groups is 1. The van der Waals surface area contributed by atoms with Crippen molar-refractivity contribution in [3.63, 3.8) is 0 Å². The molecule has 3 atom stereocenters. The Labute approximate surface area is 95.8 Å². The summed E-state index contributed by atoms with van der Waals surface area (Å²) >= 11 is 0. The lowest BCUT2D eigenvalue weighted by molar-refractivity contribution is -0.0274. The van der Waals surface area contributed by atoms with E-state index in [9.17, 15) is 9.18 Å². The lowest BCUT2D eigenvalue weighted by atomic mass is 10.1. The monoisotopic (exact) mass is 244 g/mol. The van der Waals surface area contributed by atoms with Gasteiger partial charge in [-0.2, -0.15) is 4.98 Å². The van der Waals surface area contributed by atoms with E-state index in [1.54, 1.807) is 0 Å². The van der Waals surface area contributed by atoms with Gasteiger partial charge in [0, 0.05) is 12.5 Å². The molecular weight excluding hydrogens is 231 g/mol. The molecule has 0 aliphatic carbocycles. The van der Waals surface area contributed by atoms with Crippen molar-refractivity contribution in [2.75, 3.05) is 12.3 Å². The quantitative estimate of drug-likeness (QED) is 0.587. The van der Waals surface area contributed by atoms with E-state index in [0.717, 1.165) is 10.8 Å². The van der Waals surface area contributed by atoms with Gasteiger partial charge in [-0.15, -0.1) is 0 Å². The fraction of sp³-hybridized carbons (Fsp3) is 0.556. The second-order valence-electron chi connectivity index (χ2n) is 3.88. The van der Waals surface area contributed by atoms with Crippen molar-refractivity contribution in [1.29, 1.82) is 0 Å². The van der Waals surface area contributed by atoms with Crippen LogP contribution in [0, 0.1) is 5.82 Å². The first-order valence-corrected chi connectivity index (χ1v) is 5.09. The minimum absolute atomic E-state index is 0.253. The number of nitrogen functional groups attached to an aromatic ring is 1. The second-order valence-corrected chi connectivity index (χ2v) is 3.88. The third kappa shape index (κ3) is 2.14. The fourth-order valence-corrected chi connectivity index (χ4v) is 1.76. The van der Waals surface area contributed by atoms with Crippen LogP contribution in [0.3, 0.4) is 0 Å². The molecule has 0 amide bonds. The van der Waals surface area contributed by atoms with Gasteiger partial charge in [-0.05, 0) is 0 Å². The summed E-state index contributed by atoms with van der Waals surface area (Å²) in [5.74, 6) is -1.25. The highest BCUT2D eigenvalue weighted by atomic mass is 19.1. The highest BCUT2D eigenvalue weighted by molar-refractivity contribution is 5.26. The molecule has 0 radical (unpaired) electrons. The zero-order valence-electron chi connectivity index (χ0n) is 8.91. The van der Waals surface area contributed by atoms with E-state index >= 15 is 0 Å². The van der Waals surface area contributed by atoms with Crippen molar-refractivity contribution in [1.82, 2.24) is 9.55 Å². The summed E-state index contributed by atoms with van der Waals surface area (Å²) in [5.41, 5.74) is 10.2. The predicted molar refractivity (Wildman–Crippen MR) is 56.5 cm³/mol. The maximum Gasteiger partial charge on any atom is 0.351 e. The molecular formula is C9H13FN4O3. The summed E-state index contributed by atoms with van der Waals surface area (Å²) in [4.78, 5) is 14.8. The molecule has 17 heavy (non-hydrogen) atoms. The Balaban J connectivity index is 2.30. The SMILES string of the molecule is Nc1nc(=O)n([C@H]2C[C@H](N)[C@@H](CO)O2)cc1F. The number of aromatic nitrogens is 2. The number of hydrogen-bond acceptors (Lipinski definition) is 6. The Kier molecular flexibility index (Phi) is 3.09. The van der Waals surface area contributed by atoms with Crippen LogP contribution in [0.15, 0.2) is 11.0 Å². The molecule has 1 fully saturated rings. The molecule has 0 bridgehead atoms. The molecule has 1 saturated heterocycles. The molecule has 0 spiro atoms. The van der Waals surface area contributed by atoms with E-state index in [4.69, 9.17) is 21.3 Å². The molecule has 1 aliphatic heterocycles. The molecule has 1 aromatic rings. The molecule has 1 aliphatic rings. The van der Waals surface area contributed by atoms with Crippen LogP contribution in [0.1, 0.15) is 12.6 Å². The van der Waals surface area contributed by atoms with E-state index < -0.39 is 35.7 Å². The summed E-state index contributed by atoms with van der Waals surface area (Å²) in [6, 6.07) is -0.405. The van der Waals surface area contributed by atoms with Gasteiger partial charge in [0.1, 0.15) is 6.23 Å². The van der Waals surface area contributed by atoms with Crippen LogP contribution >= 0.6 is 0 Å². The lowest BCUT2D eigenvalue weighted by Gasteiger charge is -2.14. The number of nitrogens with zero attached hydrogens (tertiary/aromatic N) is 2. The Bertz CT molecular complexity index is 478. The van der Waals surface area contributed by atoms with Gasteiger partial charge in [0.25, 0.3) is 0 Å². The Hall–Kier alpha value is -1.51. The van der Waals surface area contributed by atoms with Crippen molar-refractivity contribution in [2.45, 2.75) is 24.8 Å². The number of halogens is 1. The van der Waals surface area contributed by atoms with E-state index in [1.807, 2.05) is 0 Å². The Morgan fingerprint density at radius 2 is 2.41 bits per heavy atom. The van der Waals surface area contributed by atoms with Gasteiger partial charge in [0.2, 0.25) is 0 Å². The minimum atomic E-state index is -0.797. The van der Waals surface area contributed by atoms with Gasteiger partial charge in [-0.25, -0.2) is 9.18 Å². The number of nitrogens with two attached hydrogens (primary N) is 2. The standard InChI is InChI=1S/C9H13FN4O3/c10-4-2-14(9(16)13-8(4)12)7-1-5(11)6(3-15)17-7/h2,5-7,15H,1,3,11H2,(H2,12,13,16)/t5-,6+,7+/m0/s1. The van der Waals surface area contributed by atoms with Gasteiger partial charge < -0.3 is 21.3 Å². The van der Waals surface area contributed by atoms with Gasteiger partial charge in [0.05, 0.1) is 18.9 Å². The number of rotatable bonds is 2. The van der Waals surface area contributed by atoms with E-state index in [0.29, 0.717) is 6.42 Å². The molecule has 2 rings (SSSR count). The summed E-state index contributed by atoms with van der Waals surface area (Å²) in [6.07, 6.45) is -0.0531. The molecule has 2 heterocycles. The topological polar surface area (TPSA) is 116 Å². The van der Waals surface area contributed by atoms with Crippen molar-refractivity contribution in [3.8, 4) is 0 Å². The number of ether oxygens (including phenoxy) is 1. The number of hydrogen-bond donors (Lipinski definition) is 3. The third-order valence-electron chi connectivity index (χ3n) is 2.71. The minimum Gasteiger partial charge on any atom is -0.394 e. The van der Waals surface area contributed by atoms with Gasteiger partial charge in [-0.3, -0.25) is 4.57 Å². The first-order chi connectivity index (χ1) is 8.02. The van der Waals surface area contributed by atoms with Crippen LogP contribution in [0.5, 0.6) is 0 Å². The lowest BCUT2D eigenvalue weighted by Crippen LogP contribution is -2.32. The smallest absolute Gasteiger partial charge is 0.351 e. The average molecular weight is 244 g/mol.